The smallest absolute Gasteiger partial charge is 0.251 e. The number of amides is 1. The van der Waals surface area contributed by atoms with Gasteiger partial charge in [0.15, 0.2) is 0 Å². The first kappa shape index (κ1) is 15.6. The second-order valence-corrected chi connectivity index (χ2v) is 7.37. The molecule has 24 heavy (non-hydrogen) atoms. The zero-order valence-corrected chi connectivity index (χ0v) is 14.4. The van der Waals surface area contributed by atoms with Crippen molar-refractivity contribution in [1.82, 2.24) is 10.2 Å². The number of nitrogens with one attached hydrogen (secondary N) is 1. The highest BCUT2D eigenvalue weighted by molar-refractivity contribution is 5.98. The highest BCUT2D eigenvalue weighted by atomic mass is 16.1. The zero-order valence-electron chi connectivity index (χ0n) is 14.4. The number of benzene rings is 2. The van der Waals surface area contributed by atoms with Crippen LogP contribution >= 0.6 is 0 Å². The second-order valence-electron chi connectivity index (χ2n) is 7.37. The molecule has 2 aromatic carbocycles. The molecule has 3 nitrogen and oxygen atoms in total. The monoisotopic (exact) mass is 322 g/mol. The molecule has 0 saturated carbocycles. The van der Waals surface area contributed by atoms with Gasteiger partial charge < -0.3 is 5.32 Å². The van der Waals surface area contributed by atoms with Crippen molar-refractivity contribution in [3.63, 3.8) is 0 Å². The lowest BCUT2D eigenvalue weighted by Crippen LogP contribution is -2.56. The van der Waals surface area contributed by atoms with Crippen molar-refractivity contribution in [3.8, 4) is 0 Å². The lowest BCUT2D eigenvalue weighted by Gasteiger charge is -2.50. The van der Waals surface area contributed by atoms with Crippen LogP contribution in [0.15, 0.2) is 42.5 Å². The summed E-state index contributed by atoms with van der Waals surface area (Å²) >= 11 is 0. The van der Waals surface area contributed by atoms with E-state index in [1.807, 2.05) is 30.3 Å². The van der Waals surface area contributed by atoms with E-state index in [-0.39, 0.29) is 5.91 Å². The van der Waals surface area contributed by atoms with E-state index < -0.39 is 0 Å². The third-order valence-corrected chi connectivity index (χ3v) is 6.05. The predicted octanol–water partition coefficient (Wildman–Crippen LogP) is 3.69. The molecule has 3 heteroatoms. The summed E-state index contributed by atoms with van der Waals surface area (Å²) in [6.07, 6.45) is 3.88. The lowest BCUT2D eigenvalue weighted by atomic mass is 9.74. The molecule has 3 heterocycles. The molecule has 1 amide bonds. The average Bonchev–Trinajstić information content (AvgIpc) is 2.66. The molecule has 2 bridgehead atoms. The van der Waals surface area contributed by atoms with Gasteiger partial charge in [0.05, 0.1) is 0 Å². The number of fused-ring (bicyclic) bond motifs is 4. The molecule has 0 aromatic heterocycles. The van der Waals surface area contributed by atoms with E-state index in [9.17, 15) is 4.79 Å². The summed E-state index contributed by atoms with van der Waals surface area (Å²) in [6.45, 7) is 5.51. The summed E-state index contributed by atoms with van der Waals surface area (Å²) in [7, 11) is 0. The van der Waals surface area contributed by atoms with Gasteiger partial charge in [0.2, 0.25) is 0 Å². The van der Waals surface area contributed by atoms with E-state index in [4.69, 9.17) is 0 Å². The van der Waals surface area contributed by atoms with Crippen LogP contribution in [-0.4, -0.2) is 36.5 Å². The zero-order chi connectivity index (χ0) is 16.5. The number of hydrogen-bond acceptors (Lipinski definition) is 2. The summed E-state index contributed by atoms with van der Waals surface area (Å²) < 4.78 is 0. The molecule has 5 rings (SSSR count). The molecule has 1 N–H and O–H groups in total. The molecule has 3 fully saturated rings. The summed E-state index contributed by atoms with van der Waals surface area (Å²) in [5.41, 5.74) is 0.760. The summed E-state index contributed by atoms with van der Waals surface area (Å²) in [5, 5.41) is 5.47. The first-order valence-corrected chi connectivity index (χ1v) is 9.25. The van der Waals surface area contributed by atoms with Crippen molar-refractivity contribution < 1.29 is 4.79 Å². The van der Waals surface area contributed by atoms with Crippen molar-refractivity contribution >= 4 is 16.7 Å². The van der Waals surface area contributed by atoms with Gasteiger partial charge in [-0.1, -0.05) is 43.7 Å². The van der Waals surface area contributed by atoms with Crippen molar-refractivity contribution in [2.24, 2.45) is 11.8 Å². The van der Waals surface area contributed by atoms with E-state index in [1.54, 1.807) is 0 Å². The van der Waals surface area contributed by atoms with Crippen molar-refractivity contribution in [2.45, 2.75) is 32.2 Å². The predicted molar refractivity (Wildman–Crippen MR) is 98.1 cm³/mol. The van der Waals surface area contributed by atoms with Crippen molar-refractivity contribution in [2.75, 3.05) is 19.6 Å². The van der Waals surface area contributed by atoms with Crippen molar-refractivity contribution in [3.05, 3.63) is 48.0 Å². The normalized spacial score (nSPS) is 28.9. The van der Waals surface area contributed by atoms with Gasteiger partial charge in [-0.05, 0) is 54.1 Å². The Hall–Kier alpha value is -1.87. The topological polar surface area (TPSA) is 32.3 Å². The number of hydrogen-bond donors (Lipinski definition) is 1. The Morgan fingerprint density at radius 2 is 2.04 bits per heavy atom. The summed E-state index contributed by atoms with van der Waals surface area (Å²) in [5.74, 6) is 1.78. The van der Waals surface area contributed by atoms with Crippen molar-refractivity contribution in [1.29, 1.82) is 0 Å². The van der Waals surface area contributed by atoms with Crippen LogP contribution in [0.3, 0.4) is 0 Å². The third-order valence-electron chi connectivity index (χ3n) is 6.05. The van der Waals surface area contributed by atoms with Crippen LogP contribution < -0.4 is 5.32 Å². The molecule has 4 atom stereocenters. The number of carbonyl (C=O) groups excluding carboxylic acids is 1. The highest BCUT2D eigenvalue weighted by Crippen LogP contribution is 2.37. The second kappa shape index (κ2) is 6.56. The van der Waals surface area contributed by atoms with Crippen LogP contribution in [0.5, 0.6) is 0 Å². The van der Waals surface area contributed by atoms with Gasteiger partial charge >= 0.3 is 0 Å². The largest absolute Gasteiger partial charge is 0.350 e. The van der Waals surface area contributed by atoms with E-state index in [1.165, 1.54) is 37.7 Å². The van der Waals surface area contributed by atoms with Gasteiger partial charge in [0, 0.05) is 24.7 Å². The Balaban J connectivity index is 1.39. The Kier molecular flexibility index (Phi) is 4.28. The molecule has 1 unspecified atom stereocenters. The van der Waals surface area contributed by atoms with Crippen LogP contribution in [0.1, 0.15) is 36.5 Å². The van der Waals surface area contributed by atoms with Gasteiger partial charge in [-0.25, -0.2) is 0 Å². The molecule has 0 spiro atoms. The van der Waals surface area contributed by atoms with E-state index >= 15 is 0 Å². The standard InChI is InChI=1S/C21H26N2O/c1-2-15-14-23-10-9-18(15)12-20(23)13-22-21(24)19-8-7-16-5-3-4-6-17(16)11-19/h3-8,11,15,18,20H,2,9-10,12-14H2,1H3,(H,22,24)/t15-,18-,20+/m0/s1. The van der Waals surface area contributed by atoms with Gasteiger partial charge in [0.1, 0.15) is 0 Å². The Morgan fingerprint density at radius 1 is 1.21 bits per heavy atom. The Bertz CT molecular complexity index is 741. The van der Waals surface area contributed by atoms with Crippen LogP contribution in [-0.2, 0) is 0 Å². The Morgan fingerprint density at radius 3 is 2.79 bits per heavy atom. The van der Waals surface area contributed by atoms with Crippen LogP contribution in [0, 0.1) is 11.8 Å². The molecule has 0 radical (unpaired) electrons. The first-order valence-electron chi connectivity index (χ1n) is 9.25. The van der Waals surface area contributed by atoms with E-state index in [2.05, 4.69) is 29.3 Å². The molecular weight excluding hydrogens is 296 g/mol. The molecule has 126 valence electrons. The molecule has 3 saturated heterocycles. The number of carbonyl (C=O) groups is 1. The maximum atomic E-state index is 12.5. The van der Waals surface area contributed by atoms with Gasteiger partial charge in [-0.2, -0.15) is 0 Å². The van der Waals surface area contributed by atoms with Crippen LogP contribution in [0.25, 0.3) is 10.8 Å². The maximum Gasteiger partial charge on any atom is 0.251 e. The number of rotatable bonds is 4. The lowest BCUT2D eigenvalue weighted by molar-refractivity contribution is 0.000727. The first-order chi connectivity index (χ1) is 11.7. The van der Waals surface area contributed by atoms with Gasteiger partial charge in [0.25, 0.3) is 5.91 Å². The Labute approximate surface area is 144 Å². The fraction of sp³-hybridized carbons (Fsp3) is 0.476. The molecule has 3 aliphatic heterocycles. The molecule has 3 aliphatic rings. The fourth-order valence-corrected chi connectivity index (χ4v) is 4.57. The van der Waals surface area contributed by atoms with Crippen LogP contribution in [0.2, 0.25) is 0 Å². The number of piperidine rings is 3. The van der Waals surface area contributed by atoms with Gasteiger partial charge in [-0.3, -0.25) is 9.69 Å². The third kappa shape index (κ3) is 2.93. The van der Waals surface area contributed by atoms with Crippen LogP contribution in [0.4, 0.5) is 0 Å². The minimum Gasteiger partial charge on any atom is -0.350 e. The molecular formula is C21H26N2O. The minimum atomic E-state index is 0.0513. The highest BCUT2D eigenvalue weighted by Gasteiger charge is 2.38. The van der Waals surface area contributed by atoms with Gasteiger partial charge in [-0.15, -0.1) is 0 Å². The summed E-state index contributed by atoms with van der Waals surface area (Å²) in [6, 6.07) is 14.6. The fourth-order valence-electron chi connectivity index (χ4n) is 4.57. The summed E-state index contributed by atoms with van der Waals surface area (Å²) in [4.78, 5) is 15.1. The maximum absolute atomic E-state index is 12.5. The minimum absolute atomic E-state index is 0.0513. The average molecular weight is 322 g/mol. The molecule has 0 aliphatic carbocycles. The molecule has 2 aromatic rings. The van der Waals surface area contributed by atoms with E-state index in [0.717, 1.165) is 29.3 Å². The van der Waals surface area contributed by atoms with E-state index in [0.29, 0.717) is 6.04 Å². The SMILES string of the molecule is CC[C@H]1CN2CC[C@H]1C[C@@H]2CNC(=O)c1ccc2ccccc2c1. The number of nitrogens with zero attached hydrogens (tertiary/aromatic N) is 1. The quantitative estimate of drug-likeness (QED) is 0.931.